The van der Waals surface area contributed by atoms with Crippen molar-refractivity contribution in [1.82, 2.24) is 10.2 Å². The minimum atomic E-state index is 0.691. The van der Waals surface area contributed by atoms with Crippen LogP contribution in [0.15, 0.2) is 53.5 Å². The molecule has 0 radical (unpaired) electrons. The van der Waals surface area contributed by atoms with Crippen LogP contribution < -0.4 is 15.0 Å². The number of hydrogen-bond donors (Lipinski definition) is 1. The lowest BCUT2D eigenvalue weighted by Gasteiger charge is -2.22. The van der Waals surface area contributed by atoms with E-state index in [-0.39, 0.29) is 0 Å². The largest absolute Gasteiger partial charge is 0.492 e. The van der Waals surface area contributed by atoms with Crippen LogP contribution in [0.25, 0.3) is 0 Å². The molecule has 1 aliphatic heterocycles. The molecule has 1 aliphatic rings. The van der Waals surface area contributed by atoms with Gasteiger partial charge in [-0.25, -0.2) is 0 Å². The molecule has 1 heterocycles. The highest BCUT2D eigenvalue weighted by molar-refractivity contribution is 5.97. The van der Waals surface area contributed by atoms with Crippen LogP contribution in [0.4, 0.5) is 5.69 Å². The first-order chi connectivity index (χ1) is 12.7. The molecule has 0 fully saturated rings. The molecule has 1 N–H and O–H groups in total. The first kappa shape index (κ1) is 18.3. The second kappa shape index (κ2) is 8.72. The van der Waals surface area contributed by atoms with E-state index < -0.39 is 0 Å². The van der Waals surface area contributed by atoms with E-state index in [4.69, 9.17) is 4.74 Å². The molecular weight excluding hydrogens is 324 g/mol. The molecule has 2 aromatic rings. The predicted octanol–water partition coefficient (Wildman–Crippen LogP) is 2.77. The molecule has 0 unspecified atom stereocenters. The van der Waals surface area contributed by atoms with Crippen molar-refractivity contribution in [1.29, 1.82) is 0 Å². The Labute approximate surface area is 156 Å². The van der Waals surface area contributed by atoms with Gasteiger partial charge in [0, 0.05) is 32.4 Å². The number of rotatable bonds is 6. The molecule has 26 heavy (non-hydrogen) atoms. The lowest BCUT2D eigenvalue weighted by atomic mass is 10.2. The number of aliphatic imine (C=N–C) groups is 1. The van der Waals surface area contributed by atoms with Crippen molar-refractivity contribution in [2.45, 2.75) is 13.0 Å². The monoisotopic (exact) mass is 352 g/mol. The van der Waals surface area contributed by atoms with Gasteiger partial charge in [0.15, 0.2) is 5.96 Å². The predicted molar refractivity (Wildman–Crippen MR) is 108 cm³/mol. The quantitative estimate of drug-likeness (QED) is 0.641. The maximum Gasteiger partial charge on any atom is 0.198 e. The smallest absolute Gasteiger partial charge is 0.198 e. The summed E-state index contributed by atoms with van der Waals surface area (Å²) in [4.78, 5) is 8.84. The maximum absolute atomic E-state index is 5.83. The van der Waals surface area contributed by atoms with E-state index in [0.29, 0.717) is 6.61 Å². The normalized spacial score (nSPS) is 13.8. The molecule has 0 saturated heterocycles. The third kappa shape index (κ3) is 4.55. The molecule has 0 aliphatic carbocycles. The van der Waals surface area contributed by atoms with Crippen molar-refractivity contribution in [2.75, 3.05) is 45.7 Å². The van der Waals surface area contributed by atoms with Crippen molar-refractivity contribution in [3.63, 3.8) is 0 Å². The van der Waals surface area contributed by atoms with E-state index in [2.05, 4.69) is 56.5 Å². The van der Waals surface area contributed by atoms with Crippen molar-refractivity contribution in [2.24, 2.45) is 4.99 Å². The molecule has 3 rings (SSSR count). The topological polar surface area (TPSA) is 40.1 Å². The lowest BCUT2D eigenvalue weighted by molar-refractivity contribution is 0.261. The number of likely N-dealkylation sites (N-methyl/N-ethyl adjacent to an activating group) is 1. The Hall–Kier alpha value is -2.53. The first-order valence-corrected chi connectivity index (χ1v) is 9.10. The van der Waals surface area contributed by atoms with Gasteiger partial charge in [0.2, 0.25) is 0 Å². The molecular formula is C21H28N4O. The number of nitrogens with zero attached hydrogens (tertiary/aromatic N) is 3. The third-order valence-corrected chi connectivity index (χ3v) is 4.51. The van der Waals surface area contributed by atoms with E-state index in [0.717, 1.165) is 37.8 Å². The minimum absolute atomic E-state index is 0.691. The fourth-order valence-corrected chi connectivity index (χ4v) is 3.13. The second-order valence-corrected chi connectivity index (χ2v) is 6.73. The fraction of sp³-hybridized carbons (Fsp3) is 0.381. The highest BCUT2D eigenvalue weighted by Crippen LogP contribution is 2.27. The molecule has 0 bridgehead atoms. The fourth-order valence-electron chi connectivity index (χ4n) is 3.13. The maximum atomic E-state index is 5.83. The van der Waals surface area contributed by atoms with Gasteiger partial charge < -0.3 is 19.9 Å². The Kier molecular flexibility index (Phi) is 6.12. The Morgan fingerprint density at radius 1 is 1.19 bits per heavy atom. The van der Waals surface area contributed by atoms with Crippen LogP contribution >= 0.6 is 0 Å². The molecule has 0 amide bonds. The summed E-state index contributed by atoms with van der Waals surface area (Å²) in [5, 5.41) is 3.48. The van der Waals surface area contributed by atoms with Crippen LogP contribution in [0.5, 0.6) is 5.75 Å². The number of nitrogens with one attached hydrogen (secondary N) is 1. The number of anilines is 1. The molecule has 0 atom stereocenters. The number of guanidine groups is 1. The Morgan fingerprint density at radius 2 is 2.04 bits per heavy atom. The molecule has 0 aromatic heterocycles. The van der Waals surface area contributed by atoms with Crippen LogP contribution in [-0.4, -0.2) is 51.7 Å². The van der Waals surface area contributed by atoms with E-state index in [1.165, 1.54) is 16.8 Å². The van der Waals surface area contributed by atoms with Gasteiger partial charge in [-0.3, -0.25) is 4.99 Å². The summed E-state index contributed by atoms with van der Waals surface area (Å²) in [6.45, 7) is 3.28. The summed E-state index contributed by atoms with van der Waals surface area (Å²) >= 11 is 0. The van der Waals surface area contributed by atoms with Gasteiger partial charge in [0.05, 0.1) is 0 Å². The first-order valence-electron chi connectivity index (χ1n) is 9.10. The summed E-state index contributed by atoms with van der Waals surface area (Å²) in [6, 6.07) is 16.8. The Balaban J connectivity index is 1.59. The molecule has 0 spiro atoms. The molecule has 0 saturated carbocycles. The van der Waals surface area contributed by atoms with E-state index in [1.807, 2.05) is 33.3 Å². The summed E-state index contributed by atoms with van der Waals surface area (Å²) < 4.78 is 5.83. The number of benzene rings is 2. The minimum Gasteiger partial charge on any atom is -0.492 e. The van der Waals surface area contributed by atoms with E-state index in [9.17, 15) is 0 Å². The van der Waals surface area contributed by atoms with E-state index in [1.54, 1.807) is 0 Å². The zero-order valence-electron chi connectivity index (χ0n) is 15.9. The van der Waals surface area contributed by atoms with E-state index >= 15 is 0 Å². The Bertz CT molecular complexity index is 757. The molecule has 5 nitrogen and oxygen atoms in total. The SMILES string of the molecule is CN=C(NCc1cccc(OCCN(C)C)c1)N1CCc2ccccc21. The standard InChI is InChI=1S/C21H28N4O/c1-22-21(25-12-11-18-8-4-5-10-20(18)25)23-16-17-7-6-9-19(15-17)26-14-13-24(2)3/h4-10,15H,11-14,16H2,1-3H3,(H,22,23). The summed E-state index contributed by atoms with van der Waals surface area (Å²) in [7, 11) is 5.93. The van der Waals surface area contributed by atoms with Gasteiger partial charge in [0.25, 0.3) is 0 Å². The highest BCUT2D eigenvalue weighted by Gasteiger charge is 2.22. The summed E-state index contributed by atoms with van der Waals surface area (Å²) in [6.07, 6.45) is 1.06. The van der Waals surface area contributed by atoms with Crippen molar-refractivity contribution in [3.05, 3.63) is 59.7 Å². The van der Waals surface area contributed by atoms with Crippen molar-refractivity contribution < 1.29 is 4.74 Å². The van der Waals surface area contributed by atoms with Crippen LogP contribution in [0.1, 0.15) is 11.1 Å². The summed E-state index contributed by atoms with van der Waals surface area (Å²) in [5.74, 6) is 1.82. The van der Waals surface area contributed by atoms with Gasteiger partial charge >= 0.3 is 0 Å². The van der Waals surface area contributed by atoms with Gasteiger partial charge in [0.1, 0.15) is 12.4 Å². The average molecular weight is 352 g/mol. The van der Waals surface area contributed by atoms with Crippen LogP contribution in [0, 0.1) is 0 Å². The lowest BCUT2D eigenvalue weighted by Crippen LogP contribution is -2.40. The van der Waals surface area contributed by atoms with Gasteiger partial charge in [-0.05, 0) is 49.8 Å². The zero-order chi connectivity index (χ0) is 18.4. The van der Waals surface area contributed by atoms with Crippen molar-refractivity contribution in [3.8, 4) is 5.75 Å². The zero-order valence-corrected chi connectivity index (χ0v) is 15.9. The number of fused-ring (bicyclic) bond motifs is 1. The van der Waals surface area contributed by atoms with Crippen LogP contribution in [-0.2, 0) is 13.0 Å². The van der Waals surface area contributed by atoms with Gasteiger partial charge in [-0.1, -0.05) is 30.3 Å². The number of para-hydroxylation sites is 1. The van der Waals surface area contributed by atoms with Gasteiger partial charge in [-0.15, -0.1) is 0 Å². The molecule has 5 heteroatoms. The van der Waals surface area contributed by atoms with Gasteiger partial charge in [-0.2, -0.15) is 0 Å². The molecule has 2 aromatic carbocycles. The summed E-state index contributed by atoms with van der Waals surface area (Å²) in [5.41, 5.74) is 3.81. The van der Waals surface area contributed by atoms with Crippen molar-refractivity contribution >= 4 is 11.6 Å². The van der Waals surface area contributed by atoms with Crippen LogP contribution in [0.2, 0.25) is 0 Å². The number of hydrogen-bond acceptors (Lipinski definition) is 3. The van der Waals surface area contributed by atoms with Crippen LogP contribution in [0.3, 0.4) is 0 Å². The third-order valence-electron chi connectivity index (χ3n) is 4.51. The second-order valence-electron chi connectivity index (χ2n) is 6.73. The average Bonchev–Trinajstić information content (AvgIpc) is 3.07. The Morgan fingerprint density at radius 3 is 2.85 bits per heavy atom. The highest BCUT2D eigenvalue weighted by atomic mass is 16.5. The molecule has 138 valence electrons. The number of ether oxygens (including phenoxy) is 1.